The van der Waals surface area contributed by atoms with Crippen LogP contribution >= 0.6 is 0 Å². The van der Waals surface area contributed by atoms with Gasteiger partial charge in [-0.3, -0.25) is 4.79 Å². The van der Waals surface area contributed by atoms with Gasteiger partial charge >= 0.3 is 18.0 Å². The SMILES string of the molecule is COCCCCNC(=O)NC(CC(=O)O)C(=O)O. The molecule has 0 bridgehead atoms. The number of hydrogen-bond donors (Lipinski definition) is 4. The summed E-state index contributed by atoms with van der Waals surface area (Å²) in [5.74, 6) is -2.67. The quantitative estimate of drug-likeness (QED) is 0.420. The van der Waals surface area contributed by atoms with Gasteiger partial charge in [-0.05, 0) is 12.8 Å². The van der Waals surface area contributed by atoms with Crippen LogP contribution in [0.25, 0.3) is 0 Å². The Balaban J connectivity index is 3.88. The molecule has 104 valence electrons. The average molecular weight is 262 g/mol. The number of amides is 2. The van der Waals surface area contributed by atoms with Gasteiger partial charge in [0.15, 0.2) is 0 Å². The predicted molar refractivity (Wildman–Crippen MR) is 61.3 cm³/mol. The minimum absolute atomic E-state index is 0.370. The van der Waals surface area contributed by atoms with E-state index >= 15 is 0 Å². The number of rotatable bonds is 9. The molecule has 0 radical (unpaired) electrons. The van der Waals surface area contributed by atoms with Crippen molar-refractivity contribution in [2.45, 2.75) is 25.3 Å². The average Bonchev–Trinajstić information content (AvgIpc) is 2.27. The molecule has 0 heterocycles. The summed E-state index contributed by atoms with van der Waals surface area (Å²) in [4.78, 5) is 32.3. The zero-order valence-corrected chi connectivity index (χ0v) is 10.1. The zero-order valence-electron chi connectivity index (χ0n) is 10.1. The van der Waals surface area contributed by atoms with Crippen molar-refractivity contribution in [2.75, 3.05) is 20.3 Å². The first-order chi connectivity index (χ1) is 8.47. The predicted octanol–water partition coefficient (Wildman–Crippen LogP) is -0.360. The summed E-state index contributed by atoms with van der Waals surface area (Å²) in [5, 5.41) is 21.7. The number of carbonyl (C=O) groups is 3. The topological polar surface area (TPSA) is 125 Å². The van der Waals surface area contributed by atoms with Crippen LogP contribution in [-0.2, 0) is 14.3 Å². The monoisotopic (exact) mass is 262 g/mol. The molecular formula is C10H18N2O6. The number of carbonyl (C=O) groups excluding carboxylic acids is 1. The van der Waals surface area contributed by atoms with Gasteiger partial charge in [0.25, 0.3) is 0 Å². The molecule has 0 aliphatic rings. The van der Waals surface area contributed by atoms with E-state index in [9.17, 15) is 14.4 Å². The molecule has 4 N–H and O–H groups in total. The molecule has 1 atom stereocenters. The van der Waals surface area contributed by atoms with Gasteiger partial charge in [0.1, 0.15) is 6.04 Å². The fraction of sp³-hybridized carbons (Fsp3) is 0.700. The lowest BCUT2D eigenvalue weighted by Crippen LogP contribution is -2.47. The van der Waals surface area contributed by atoms with Crippen LogP contribution in [0.15, 0.2) is 0 Å². The Morgan fingerprint density at radius 1 is 1.22 bits per heavy atom. The summed E-state index contributed by atoms with van der Waals surface area (Å²) < 4.78 is 4.82. The Kier molecular flexibility index (Phi) is 8.29. The summed E-state index contributed by atoms with van der Waals surface area (Å²) in [7, 11) is 1.57. The van der Waals surface area contributed by atoms with E-state index in [1.54, 1.807) is 7.11 Å². The molecule has 1 unspecified atom stereocenters. The largest absolute Gasteiger partial charge is 0.481 e. The Labute approximate surface area is 104 Å². The van der Waals surface area contributed by atoms with Gasteiger partial charge in [-0.25, -0.2) is 9.59 Å². The maximum Gasteiger partial charge on any atom is 0.326 e. The molecule has 0 fully saturated rings. The number of carboxylic acid groups (broad SMARTS) is 2. The van der Waals surface area contributed by atoms with Crippen molar-refractivity contribution in [3.05, 3.63) is 0 Å². The molecule has 0 spiro atoms. The third-order valence-electron chi connectivity index (χ3n) is 2.04. The lowest BCUT2D eigenvalue weighted by Gasteiger charge is -2.13. The third-order valence-corrected chi connectivity index (χ3v) is 2.04. The second-order valence-corrected chi connectivity index (χ2v) is 3.59. The van der Waals surface area contributed by atoms with E-state index in [-0.39, 0.29) is 0 Å². The van der Waals surface area contributed by atoms with Crippen LogP contribution in [0.1, 0.15) is 19.3 Å². The Bertz CT molecular complexity index is 294. The van der Waals surface area contributed by atoms with Gasteiger partial charge in [-0.1, -0.05) is 0 Å². The summed E-state index contributed by atoms with van der Waals surface area (Å²) in [6.07, 6.45) is 0.804. The van der Waals surface area contributed by atoms with Crippen molar-refractivity contribution in [1.82, 2.24) is 10.6 Å². The van der Waals surface area contributed by atoms with Crippen LogP contribution in [0.2, 0.25) is 0 Å². The number of hydrogen-bond acceptors (Lipinski definition) is 4. The molecule has 0 aromatic rings. The highest BCUT2D eigenvalue weighted by molar-refractivity contribution is 5.86. The normalized spacial score (nSPS) is 11.6. The van der Waals surface area contributed by atoms with Gasteiger partial charge < -0.3 is 25.6 Å². The first-order valence-electron chi connectivity index (χ1n) is 5.45. The lowest BCUT2D eigenvalue weighted by atomic mass is 10.2. The van der Waals surface area contributed by atoms with Gasteiger partial charge in [-0.15, -0.1) is 0 Å². The summed E-state index contributed by atoms with van der Waals surface area (Å²) >= 11 is 0. The van der Waals surface area contributed by atoms with Crippen molar-refractivity contribution in [2.24, 2.45) is 0 Å². The molecule has 0 saturated heterocycles. The summed E-state index contributed by atoms with van der Waals surface area (Å²) in [6, 6.07) is -2.12. The molecule has 2 amide bonds. The molecule has 0 rings (SSSR count). The second-order valence-electron chi connectivity index (χ2n) is 3.59. The summed E-state index contributed by atoms with van der Waals surface area (Å²) in [5.41, 5.74) is 0. The van der Waals surface area contributed by atoms with Crippen molar-refractivity contribution in [3.8, 4) is 0 Å². The number of carboxylic acids is 2. The van der Waals surface area contributed by atoms with E-state index < -0.39 is 30.4 Å². The first-order valence-corrected chi connectivity index (χ1v) is 5.45. The fourth-order valence-electron chi connectivity index (χ4n) is 1.16. The number of unbranched alkanes of at least 4 members (excludes halogenated alkanes) is 1. The number of nitrogens with one attached hydrogen (secondary N) is 2. The maximum atomic E-state index is 11.3. The molecule has 0 saturated carbocycles. The fourth-order valence-corrected chi connectivity index (χ4v) is 1.16. The molecule has 18 heavy (non-hydrogen) atoms. The molecular weight excluding hydrogens is 244 g/mol. The van der Waals surface area contributed by atoms with E-state index in [0.717, 1.165) is 6.42 Å². The van der Waals surface area contributed by atoms with Crippen LogP contribution in [0, 0.1) is 0 Å². The molecule has 8 nitrogen and oxygen atoms in total. The van der Waals surface area contributed by atoms with Crippen LogP contribution in [0.4, 0.5) is 4.79 Å². The molecule has 0 aromatic heterocycles. The number of urea groups is 1. The molecule has 8 heteroatoms. The minimum Gasteiger partial charge on any atom is -0.481 e. The van der Waals surface area contributed by atoms with Crippen molar-refractivity contribution >= 4 is 18.0 Å². The van der Waals surface area contributed by atoms with Crippen LogP contribution in [0.3, 0.4) is 0 Å². The van der Waals surface area contributed by atoms with E-state index in [4.69, 9.17) is 14.9 Å². The Hall–Kier alpha value is -1.83. The number of methoxy groups -OCH3 is 1. The highest BCUT2D eigenvalue weighted by Crippen LogP contribution is 1.93. The van der Waals surface area contributed by atoms with Crippen LogP contribution < -0.4 is 10.6 Å². The van der Waals surface area contributed by atoms with Crippen LogP contribution in [0.5, 0.6) is 0 Å². The molecule has 0 aliphatic heterocycles. The molecule has 0 aromatic carbocycles. The smallest absolute Gasteiger partial charge is 0.326 e. The van der Waals surface area contributed by atoms with Gasteiger partial charge in [0.2, 0.25) is 0 Å². The Morgan fingerprint density at radius 3 is 2.39 bits per heavy atom. The second kappa shape index (κ2) is 9.23. The highest BCUT2D eigenvalue weighted by atomic mass is 16.5. The van der Waals surface area contributed by atoms with E-state index in [1.807, 2.05) is 0 Å². The van der Waals surface area contributed by atoms with E-state index in [2.05, 4.69) is 10.6 Å². The lowest BCUT2D eigenvalue weighted by molar-refractivity contribution is -0.145. The van der Waals surface area contributed by atoms with Crippen molar-refractivity contribution in [3.63, 3.8) is 0 Å². The van der Waals surface area contributed by atoms with Crippen molar-refractivity contribution in [1.29, 1.82) is 0 Å². The maximum absolute atomic E-state index is 11.3. The molecule has 0 aliphatic carbocycles. The van der Waals surface area contributed by atoms with E-state index in [0.29, 0.717) is 19.6 Å². The van der Waals surface area contributed by atoms with E-state index in [1.165, 1.54) is 0 Å². The van der Waals surface area contributed by atoms with Gasteiger partial charge in [-0.2, -0.15) is 0 Å². The first kappa shape index (κ1) is 16.2. The number of aliphatic carboxylic acids is 2. The Morgan fingerprint density at radius 2 is 1.89 bits per heavy atom. The third kappa shape index (κ3) is 8.34. The van der Waals surface area contributed by atoms with Crippen LogP contribution in [-0.4, -0.2) is 54.5 Å². The highest BCUT2D eigenvalue weighted by Gasteiger charge is 2.22. The summed E-state index contributed by atoms with van der Waals surface area (Å²) in [6.45, 7) is 0.953. The van der Waals surface area contributed by atoms with Gasteiger partial charge in [0, 0.05) is 20.3 Å². The van der Waals surface area contributed by atoms with Crippen molar-refractivity contribution < 1.29 is 29.3 Å². The number of ether oxygens (including phenoxy) is 1. The minimum atomic E-state index is -1.43. The standard InChI is InChI=1S/C10H18N2O6/c1-18-5-3-2-4-11-10(17)12-7(9(15)16)6-8(13)14/h7H,2-6H2,1H3,(H,13,14)(H,15,16)(H2,11,12,17). The van der Waals surface area contributed by atoms with Gasteiger partial charge in [0.05, 0.1) is 6.42 Å². The zero-order chi connectivity index (χ0) is 14.0.